The number of amides is 2. The van der Waals surface area contributed by atoms with Crippen LogP contribution in [0.2, 0.25) is 0 Å². The summed E-state index contributed by atoms with van der Waals surface area (Å²) in [6.07, 6.45) is 1.39. The van der Waals surface area contributed by atoms with Crippen LogP contribution in [-0.2, 0) is 21.2 Å². The van der Waals surface area contributed by atoms with Gasteiger partial charge in [-0.3, -0.25) is 0 Å². The van der Waals surface area contributed by atoms with E-state index < -0.39 is 10.0 Å². The predicted molar refractivity (Wildman–Crippen MR) is 75.2 cm³/mol. The van der Waals surface area contributed by atoms with Crippen molar-refractivity contribution in [2.24, 2.45) is 5.14 Å². The lowest BCUT2D eigenvalue weighted by Crippen LogP contribution is -2.42. The second-order valence-electron chi connectivity index (χ2n) is 4.48. The number of rotatable bonds is 5. The molecule has 2 heterocycles. The Morgan fingerprint density at radius 3 is 2.90 bits per heavy atom. The lowest BCUT2D eigenvalue weighted by atomic mass is 10.3. The van der Waals surface area contributed by atoms with Crippen LogP contribution in [0.25, 0.3) is 0 Å². The maximum atomic E-state index is 11.6. The molecule has 0 aromatic carbocycles. The van der Waals surface area contributed by atoms with E-state index in [-0.39, 0.29) is 16.3 Å². The van der Waals surface area contributed by atoms with E-state index in [1.165, 1.54) is 6.07 Å². The standard InChI is InChI=1S/C11H17N3O4S2/c12-20(16,17)10-2-1-9(19-10)3-5-13-11(15)14-8-4-6-18-7-8/h1-2,8H,3-7H2,(H2,12,16,17)(H2,13,14,15). The fourth-order valence-electron chi connectivity index (χ4n) is 1.83. The first-order valence-corrected chi connectivity index (χ1v) is 8.55. The van der Waals surface area contributed by atoms with Crippen molar-refractivity contribution in [1.29, 1.82) is 0 Å². The number of ether oxygens (including phenoxy) is 1. The number of sulfonamides is 1. The van der Waals surface area contributed by atoms with Crippen molar-refractivity contribution >= 4 is 27.4 Å². The Labute approximate surface area is 121 Å². The Morgan fingerprint density at radius 1 is 1.50 bits per heavy atom. The van der Waals surface area contributed by atoms with Crippen molar-refractivity contribution in [2.45, 2.75) is 23.1 Å². The van der Waals surface area contributed by atoms with Crippen molar-refractivity contribution < 1.29 is 17.9 Å². The Hall–Kier alpha value is -1.16. The SMILES string of the molecule is NS(=O)(=O)c1ccc(CCNC(=O)NC2CCOC2)s1. The van der Waals surface area contributed by atoms with E-state index in [0.717, 1.165) is 22.6 Å². The zero-order chi connectivity index (χ0) is 14.6. The van der Waals surface area contributed by atoms with Gasteiger partial charge in [-0.15, -0.1) is 11.3 Å². The number of primary sulfonamides is 1. The van der Waals surface area contributed by atoms with Crippen molar-refractivity contribution in [3.05, 3.63) is 17.0 Å². The van der Waals surface area contributed by atoms with Gasteiger partial charge in [0.2, 0.25) is 10.0 Å². The molecule has 1 saturated heterocycles. The molecule has 1 aliphatic heterocycles. The minimum atomic E-state index is -3.63. The van der Waals surface area contributed by atoms with Crippen molar-refractivity contribution in [2.75, 3.05) is 19.8 Å². The van der Waals surface area contributed by atoms with Gasteiger partial charge in [-0.25, -0.2) is 18.4 Å². The quantitative estimate of drug-likeness (QED) is 0.711. The number of carbonyl (C=O) groups excluding carboxylic acids is 1. The molecular weight excluding hydrogens is 302 g/mol. The number of carbonyl (C=O) groups is 1. The molecule has 2 rings (SSSR count). The monoisotopic (exact) mass is 319 g/mol. The summed E-state index contributed by atoms with van der Waals surface area (Å²) >= 11 is 1.12. The van der Waals surface area contributed by atoms with Crippen LogP contribution in [0.4, 0.5) is 4.79 Å². The van der Waals surface area contributed by atoms with Gasteiger partial charge in [-0.2, -0.15) is 0 Å². The maximum Gasteiger partial charge on any atom is 0.315 e. The van der Waals surface area contributed by atoms with Gasteiger partial charge < -0.3 is 15.4 Å². The Bertz CT molecular complexity index is 564. The van der Waals surface area contributed by atoms with Gasteiger partial charge in [0.05, 0.1) is 12.6 Å². The highest BCUT2D eigenvalue weighted by molar-refractivity contribution is 7.91. The van der Waals surface area contributed by atoms with Gasteiger partial charge in [0.15, 0.2) is 0 Å². The van der Waals surface area contributed by atoms with E-state index >= 15 is 0 Å². The lowest BCUT2D eigenvalue weighted by molar-refractivity contribution is 0.188. The molecule has 1 unspecified atom stereocenters. The highest BCUT2D eigenvalue weighted by Gasteiger charge is 2.17. The minimum Gasteiger partial charge on any atom is -0.379 e. The molecule has 1 aromatic heterocycles. The molecular formula is C11H17N3O4S2. The van der Waals surface area contributed by atoms with Crippen LogP contribution in [0.3, 0.4) is 0 Å². The molecule has 1 aliphatic rings. The average molecular weight is 319 g/mol. The summed E-state index contributed by atoms with van der Waals surface area (Å²) in [6, 6.07) is 3.02. The van der Waals surface area contributed by atoms with E-state index in [9.17, 15) is 13.2 Å². The second-order valence-corrected chi connectivity index (χ2v) is 7.43. The van der Waals surface area contributed by atoms with E-state index in [2.05, 4.69) is 10.6 Å². The molecule has 4 N–H and O–H groups in total. The molecule has 2 amide bonds. The Balaban J connectivity index is 1.72. The number of thiophene rings is 1. The number of hydrogen-bond donors (Lipinski definition) is 3. The van der Waals surface area contributed by atoms with Crippen LogP contribution in [-0.4, -0.2) is 40.2 Å². The highest BCUT2D eigenvalue weighted by atomic mass is 32.2. The summed E-state index contributed by atoms with van der Waals surface area (Å²) < 4.78 is 27.5. The molecule has 1 fully saturated rings. The smallest absolute Gasteiger partial charge is 0.315 e. The van der Waals surface area contributed by atoms with Crippen LogP contribution in [0, 0.1) is 0 Å². The van der Waals surface area contributed by atoms with E-state index in [1.54, 1.807) is 6.07 Å². The summed E-state index contributed by atoms with van der Waals surface area (Å²) in [5.74, 6) is 0. The van der Waals surface area contributed by atoms with E-state index in [0.29, 0.717) is 26.2 Å². The lowest BCUT2D eigenvalue weighted by Gasteiger charge is -2.11. The van der Waals surface area contributed by atoms with E-state index in [4.69, 9.17) is 9.88 Å². The largest absolute Gasteiger partial charge is 0.379 e. The molecule has 0 saturated carbocycles. The highest BCUT2D eigenvalue weighted by Crippen LogP contribution is 2.20. The van der Waals surface area contributed by atoms with Gasteiger partial charge in [0.1, 0.15) is 4.21 Å². The average Bonchev–Trinajstić information content (AvgIpc) is 2.98. The van der Waals surface area contributed by atoms with Gasteiger partial charge >= 0.3 is 6.03 Å². The van der Waals surface area contributed by atoms with Crippen molar-refractivity contribution in [3.8, 4) is 0 Å². The van der Waals surface area contributed by atoms with Crippen LogP contribution in [0.1, 0.15) is 11.3 Å². The zero-order valence-electron chi connectivity index (χ0n) is 10.8. The molecule has 0 radical (unpaired) electrons. The molecule has 9 heteroatoms. The number of hydrogen-bond acceptors (Lipinski definition) is 5. The topological polar surface area (TPSA) is 111 Å². The first kappa shape index (κ1) is 15.2. The third-order valence-corrected chi connectivity index (χ3v) is 5.42. The molecule has 1 atom stereocenters. The predicted octanol–water partition coefficient (Wildman–Crippen LogP) is 0.0261. The van der Waals surface area contributed by atoms with E-state index in [1.807, 2.05) is 0 Å². The Morgan fingerprint density at radius 2 is 2.30 bits per heavy atom. The summed E-state index contributed by atoms with van der Waals surface area (Å²) in [6.45, 7) is 1.66. The fourth-order valence-corrected chi connectivity index (χ4v) is 3.61. The number of nitrogens with two attached hydrogens (primary N) is 1. The molecule has 0 spiro atoms. The second kappa shape index (κ2) is 6.53. The normalized spacial score (nSPS) is 18.9. The Kier molecular flexibility index (Phi) is 4.97. The third-order valence-electron chi connectivity index (χ3n) is 2.84. The summed E-state index contributed by atoms with van der Waals surface area (Å²) in [4.78, 5) is 12.4. The van der Waals surface area contributed by atoms with Crippen LogP contribution >= 0.6 is 11.3 Å². The van der Waals surface area contributed by atoms with Crippen LogP contribution < -0.4 is 15.8 Å². The van der Waals surface area contributed by atoms with Crippen molar-refractivity contribution in [3.63, 3.8) is 0 Å². The van der Waals surface area contributed by atoms with Gasteiger partial charge in [-0.1, -0.05) is 0 Å². The summed E-state index contributed by atoms with van der Waals surface area (Å²) in [7, 11) is -3.63. The number of urea groups is 1. The molecule has 7 nitrogen and oxygen atoms in total. The zero-order valence-corrected chi connectivity index (χ0v) is 12.4. The third kappa shape index (κ3) is 4.44. The van der Waals surface area contributed by atoms with Crippen LogP contribution in [0.5, 0.6) is 0 Å². The van der Waals surface area contributed by atoms with Crippen molar-refractivity contribution in [1.82, 2.24) is 10.6 Å². The molecule has 20 heavy (non-hydrogen) atoms. The summed E-state index contributed by atoms with van der Waals surface area (Å²) in [5, 5.41) is 10.6. The molecule has 112 valence electrons. The minimum absolute atomic E-state index is 0.0747. The van der Waals surface area contributed by atoms with Gasteiger partial charge in [-0.05, 0) is 25.0 Å². The maximum absolute atomic E-state index is 11.6. The molecule has 0 bridgehead atoms. The fraction of sp³-hybridized carbons (Fsp3) is 0.545. The molecule has 0 aliphatic carbocycles. The molecule has 1 aromatic rings. The van der Waals surface area contributed by atoms with Crippen LogP contribution in [0.15, 0.2) is 16.3 Å². The number of nitrogens with one attached hydrogen (secondary N) is 2. The first-order chi connectivity index (χ1) is 9.45. The van der Waals surface area contributed by atoms with Gasteiger partial charge in [0.25, 0.3) is 0 Å². The van der Waals surface area contributed by atoms with Gasteiger partial charge in [0, 0.05) is 18.0 Å². The summed E-state index contributed by atoms with van der Waals surface area (Å²) in [5.41, 5.74) is 0. The first-order valence-electron chi connectivity index (χ1n) is 6.19.